The van der Waals surface area contributed by atoms with Crippen LogP contribution in [0.15, 0.2) is 58.0 Å². The van der Waals surface area contributed by atoms with E-state index in [2.05, 4.69) is 40.8 Å². The lowest BCUT2D eigenvalue weighted by Crippen LogP contribution is -2.18. The Kier molecular flexibility index (Phi) is 6.85. The highest BCUT2D eigenvalue weighted by Gasteiger charge is 2.26. The first-order chi connectivity index (χ1) is 18.6. The van der Waals surface area contributed by atoms with Crippen molar-refractivity contribution in [3.8, 4) is 11.5 Å². The number of aromatic amines is 1. The second-order valence-electron chi connectivity index (χ2n) is 9.83. The number of nitrogens with zero attached hydrogens (tertiary/aromatic N) is 6. The SMILES string of the molecule is CC(C)n1[nH]c(=O)c2ccc(Nc3ncc(-c4nc(C(C)(C)O)no4)c(N[C@H](CO)c4ccccc4)n3)nc21. The zero-order chi connectivity index (χ0) is 27.7. The average Bonchev–Trinajstić information content (AvgIpc) is 3.53. The topological polar surface area (TPSA) is 180 Å². The molecule has 13 heteroatoms. The Morgan fingerprint density at radius 1 is 1.10 bits per heavy atom. The number of pyridine rings is 1. The summed E-state index contributed by atoms with van der Waals surface area (Å²) in [5.74, 6) is 1.14. The largest absolute Gasteiger partial charge is 0.394 e. The van der Waals surface area contributed by atoms with Gasteiger partial charge in [0.15, 0.2) is 5.65 Å². The van der Waals surface area contributed by atoms with E-state index in [1.165, 1.54) is 6.20 Å². The first kappa shape index (κ1) is 26.0. The highest BCUT2D eigenvalue weighted by Crippen LogP contribution is 2.31. The first-order valence-electron chi connectivity index (χ1n) is 12.4. The van der Waals surface area contributed by atoms with Crippen molar-refractivity contribution in [2.75, 3.05) is 17.2 Å². The van der Waals surface area contributed by atoms with Gasteiger partial charge in [-0.15, -0.1) is 0 Å². The standard InChI is InChI=1S/C26H29N9O4/c1-14(2)35-21-16(22(37)33-35)10-11-19(29-21)30-25-27-12-17(23-32-24(34-39-23)26(3,4)38)20(31-25)28-18(13-36)15-8-6-5-7-9-15/h5-12,14,18,36,38H,13H2,1-4H3,(H,33,37)(H2,27,28,29,30,31)/t18-/m1/s1. The second kappa shape index (κ2) is 10.3. The molecule has 5 aromatic rings. The van der Waals surface area contributed by atoms with Gasteiger partial charge in [-0.05, 0) is 45.4 Å². The zero-order valence-electron chi connectivity index (χ0n) is 21.9. The van der Waals surface area contributed by atoms with Crippen molar-refractivity contribution in [2.45, 2.75) is 45.4 Å². The molecule has 0 radical (unpaired) electrons. The molecular weight excluding hydrogens is 502 g/mol. The number of rotatable bonds is 9. The molecule has 0 unspecified atom stereocenters. The van der Waals surface area contributed by atoms with Crippen LogP contribution in [0.5, 0.6) is 0 Å². The molecule has 0 spiro atoms. The van der Waals surface area contributed by atoms with E-state index < -0.39 is 11.6 Å². The molecule has 4 aromatic heterocycles. The molecule has 0 amide bonds. The van der Waals surface area contributed by atoms with Crippen LogP contribution in [0.2, 0.25) is 0 Å². The van der Waals surface area contributed by atoms with E-state index in [4.69, 9.17) is 4.52 Å². The number of hydrogen-bond acceptors (Lipinski definition) is 11. The van der Waals surface area contributed by atoms with Crippen molar-refractivity contribution >= 4 is 28.6 Å². The average molecular weight is 532 g/mol. The van der Waals surface area contributed by atoms with E-state index >= 15 is 0 Å². The second-order valence-corrected chi connectivity index (χ2v) is 9.83. The third-order valence-corrected chi connectivity index (χ3v) is 6.01. The summed E-state index contributed by atoms with van der Waals surface area (Å²) in [6.45, 7) is 6.78. The molecule has 13 nitrogen and oxygen atoms in total. The van der Waals surface area contributed by atoms with Crippen LogP contribution in [0.25, 0.3) is 22.5 Å². The molecule has 5 N–H and O–H groups in total. The number of hydrogen-bond donors (Lipinski definition) is 5. The van der Waals surface area contributed by atoms with E-state index in [1.807, 2.05) is 44.2 Å². The Labute approximate surface area is 223 Å². The molecule has 5 rings (SSSR count). The van der Waals surface area contributed by atoms with Crippen LogP contribution in [0.4, 0.5) is 17.6 Å². The van der Waals surface area contributed by atoms with Crippen LogP contribution < -0.4 is 16.2 Å². The lowest BCUT2D eigenvalue weighted by molar-refractivity contribution is 0.0661. The lowest BCUT2D eigenvalue weighted by Gasteiger charge is -2.19. The number of H-pyrrole nitrogens is 1. The number of aliphatic hydroxyl groups is 2. The van der Waals surface area contributed by atoms with Gasteiger partial charge >= 0.3 is 0 Å². The van der Waals surface area contributed by atoms with Gasteiger partial charge < -0.3 is 25.4 Å². The van der Waals surface area contributed by atoms with E-state index in [0.29, 0.717) is 28.2 Å². The first-order valence-corrected chi connectivity index (χ1v) is 12.4. The highest BCUT2D eigenvalue weighted by molar-refractivity contribution is 5.77. The summed E-state index contributed by atoms with van der Waals surface area (Å²) in [5.41, 5.74) is 0.193. The summed E-state index contributed by atoms with van der Waals surface area (Å²) in [6, 6.07) is 12.3. The van der Waals surface area contributed by atoms with Gasteiger partial charge in [-0.1, -0.05) is 35.5 Å². The van der Waals surface area contributed by atoms with Crippen LogP contribution in [0.1, 0.15) is 51.2 Å². The summed E-state index contributed by atoms with van der Waals surface area (Å²) in [4.78, 5) is 30.2. The molecule has 0 aliphatic rings. The third-order valence-electron chi connectivity index (χ3n) is 6.01. The zero-order valence-corrected chi connectivity index (χ0v) is 21.9. The third kappa shape index (κ3) is 5.35. The van der Waals surface area contributed by atoms with Gasteiger partial charge in [0.05, 0.1) is 18.0 Å². The molecule has 0 fully saturated rings. The molecule has 202 valence electrons. The van der Waals surface area contributed by atoms with Gasteiger partial charge in [0, 0.05) is 12.2 Å². The smallest absolute Gasteiger partial charge is 0.273 e. The summed E-state index contributed by atoms with van der Waals surface area (Å²) >= 11 is 0. The number of benzene rings is 1. The maximum atomic E-state index is 12.3. The molecule has 0 aliphatic carbocycles. The Balaban J connectivity index is 1.54. The minimum atomic E-state index is -1.31. The van der Waals surface area contributed by atoms with Crippen molar-refractivity contribution < 1.29 is 14.7 Å². The van der Waals surface area contributed by atoms with E-state index in [9.17, 15) is 15.0 Å². The molecule has 0 bridgehead atoms. The van der Waals surface area contributed by atoms with E-state index in [0.717, 1.165) is 5.56 Å². The number of fused-ring (bicyclic) bond motifs is 1. The quantitative estimate of drug-likeness (QED) is 0.188. The van der Waals surface area contributed by atoms with Crippen molar-refractivity contribution in [1.29, 1.82) is 0 Å². The summed E-state index contributed by atoms with van der Waals surface area (Å²) in [7, 11) is 0. The van der Waals surface area contributed by atoms with Gasteiger partial charge in [-0.3, -0.25) is 14.6 Å². The minimum Gasteiger partial charge on any atom is -0.394 e. The molecule has 1 aromatic carbocycles. The Hall–Kier alpha value is -4.62. The molecule has 0 aliphatic heterocycles. The summed E-state index contributed by atoms with van der Waals surface area (Å²) in [6.07, 6.45) is 1.50. The Bertz CT molecular complexity index is 1650. The fourth-order valence-corrected chi connectivity index (χ4v) is 3.96. The molecule has 0 saturated heterocycles. The van der Waals surface area contributed by atoms with E-state index in [-0.39, 0.29) is 35.9 Å². The van der Waals surface area contributed by atoms with Crippen LogP contribution in [0.3, 0.4) is 0 Å². The van der Waals surface area contributed by atoms with Crippen molar-refractivity contribution in [3.05, 3.63) is 70.4 Å². The number of aliphatic hydroxyl groups excluding tert-OH is 1. The van der Waals surface area contributed by atoms with Crippen molar-refractivity contribution in [1.82, 2.24) is 34.9 Å². The van der Waals surface area contributed by atoms with Crippen LogP contribution in [-0.4, -0.2) is 51.7 Å². The maximum Gasteiger partial charge on any atom is 0.273 e. The van der Waals surface area contributed by atoms with Gasteiger partial charge in [0.25, 0.3) is 11.4 Å². The van der Waals surface area contributed by atoms with E-state index in [1.54, 1.807) is 30.7 Å². The monoisotopic (exact) mass is 531 g/mol. The van der Waals surface area contributed by atoms with Crippen molar-refractivity contribution in [3.63, 3.8) is 0 Å². The molecule has 0 saturated carbocycles. The predicted molar refractivity (Wildman–Crippen MR) is 144 cm³/mol. The van der Waals surface area contributed by atoms with Crippen molar-refractivity contribution in [2.24, 2.45) is 0 Å². The van der Waals surface area contributed by atoms with Gasteiger partial charge in [0.2, 0.25) is 11.8 Å². The highest BCUT2D eigenvalue weighted by atomic mass is 16.5. The number of aromatic nitrogens is 7. The predicted octanol–water partition coefficient (Wildman–Crippen LogP) is 3.26. The summed E-state index contributed by atoms with van der Waals surface area (Å²) < 4.78 is 7.11. The fraction of sp³-hybridized carbons (Fsp3) is 0.308. The number of anilines is 3. The summed E-state index contributed by atoms with van der Waals surface area (Å²) in [5, 5.41) is 33.9. The molecule has 1 atom stereocenters. The maximum absolute atomic E-state index is 12.3. The normalized spacial score (nSPS) is 12.7. The van der Waals surface area contributed by atoms with Gasteiger partial charge in [-0.2, -0.15) is 9.97 Å². The fourth-order valence-electron chi connectivity index (χ4n) is 3.96. The van der Waals surface area contributed by atoms with Crippen LogP contribution in [-0.2, 0) is 5.60 Å². The number of nitrogens with one attached hydrogen (secondary N) is 3. The lowest BCUT2D eigenvalue weighted by atomic mass is 10.1. The molecule has 39 heavy (non-hydrogen) atoms. The molecule has 4 heterocycles. The van der Waals surface area contributed by atoms with Crippen LogP contribution in [0, 0.1) is 0 Å². The molecular formula is C26H29N9O4. The van der Waals surface area contributed by atoms with Gasteiger partial charge in [0.1, 0.15) is 22.8 Å². The Morgan fingerprint density at radius 2 is 1.87 bits per heavy atom. The Morgan fingerprint density at radius 3 is 2.54 bits per heavy atom. The van der Waals surface area contributed by atoms with Gasteiger partial charge in [-0.25, -0.2) is 9.97 Å². The van der Waals surface area contributed by atoms with Crippen LogP contribution >= 0.6 is 0 Å². The minimum absolute atomic E-state index is 0.000817.